The number of aliphatic hydroxyl groups is 1. The minimum absolute atomic E-state index is 0.360. The molecule has 0 fully saturated rings. The molecule has 1 rings (SSSR count). The maximum atomic E-state index is 9.62. The lowest BCUT2D eigenvalue weighted by Gasteiger charge is -2.14. The number of benzene rings is 1. The number of methoxy groups -OCH3 is 1. The van der Waals surface area contributed by atoms with Gasteiger partial charge in [-0.25, -0.2) is 0 Å². The molecule has 0 spiro atoms. The van der Waals surface area contributed by atoms with Gasteiger partial charge in [0.15, 0.2) is 0 Å². The summed E-state index contributed by atoms with van der Waals surface area (Å²) in [6.07, 6.45) is -0.489. The molecule has 2 N–H and O–H groups in total. The maximum absolute atomic E-state index is 9.62. The lowest BCUT2D eigenvalue weighted by molar-refractivity contribution is 0.0496. The van der Waals surface area contributed by atoms with E-state index in [4.69, 9.17) is 9.47 Å². The minimum atomic E-state index is -0.489. The Morgan fingerprint density at radius 2 is 2.18 bits per heavy atom. The topological polar surface area (TPSA) is 50.7 Å². The Balaban J connectivity index is 2.46. The minimum Gasteiger partial charge on any atom is -0.497 e. The van der Waals surface area contributed by atoms with E-state index in [9.17, 15) is 5.11 Å². The highest BCUT2D eigenvalue weighted by Crippen LogP contribution is 2.20. The molecule has 17 heavy (non-hydrogen) atoms. The molecular weight excluding hydrogens is 218 g/mol. The van der Waals surface area contributed by atoms with E-state index in [-0.39, 0.29) is 0 Å². The van der Waals surface area contributed by atoms with Crippen molar-refractivity contribution in [3.05, 3.63) is 23.8 Å². The first-order valence-corrected chi connectivity index (χ1v) is 5.81. The van der Waals surface area contributed by atoms with Crippen LogP contribution in [-0.4, -0.2) is 38.1 Å². The van der Waals surface area contributed by atoms with Crippen molar-refractivity contribution in [1.82, 2.24) is 0 Å². The second kappa shape index (κ2) is 7.14. The first-order valence-electron chi connectivity index (χ1n) is 5.81. The van der Waals surface area contributed by atoms with Crippen LogP contribution >= 0.6 is 0 Å². The molecule has 0 aliphatic rings. The summed E-state index contributed by atoms with van der Waals surface area (Å²) in [5.41, 5.74) is 2.09. The molecule has 96 valence electrons. The van der Waals surface area contributed by atoms with Crippen molar-refractivity contribution in [2.24, 2.45) is 0 Å². The van der Waals surface area contributed by atoms with Gasteiger partial charge in [0.2, 0.25) is 0 Å². The van der Waals surface area contributed by atoms with Gasteiger partial charge >= 0.3 is 0 Å². The average Bonchev–Trinajstić information content (AvgIpc) is 2.34. The fourth-order valence-electron chi connectivity index (χ4n) is 1.50. The number of aryl methyl sites for hydroxylation is 1. The Morgan fingerprint density at radius 1 is 1.41 bits per heavy atom. The summed E-state index contributed by atoms with van der Waals surface area (Å²) < 4.78 is 10.3. The number of hydrogen-bond acceptors (Lipinski definition) is 4. The molecule has 0 aliphatic heterocycles. The van der Waals surface area contributed by atoms with Gasteiger partial charge in [-0.2, -0.15) is 0 Å². The van der Waals surface area contributed by atoms with Crippen LogP contribution in [0.2, 0.25) is 0 Å². The van der Waals surface area contributed by atoms with Crippen LogP contribution in [0, 0.1) is 6.92 Å². The number of rotatable bonds is 7. The molecule has 1 atom stereocenters. The summed E-state index contributed by atoms with van der Waals surface area (Å²) in [5.74, 6) is 0.836. The molecule has 1 unspecified atom stereocenters. The van der Waals surface area contributed by atoms with Crippen LogP contribution in [0.3, 0.4) is 0 Å². The van der Waals surface area contributed by atoms with Gasteiger partial charge in [-0.15, -0.1) is 0 Å². The summed E-state index contributed by atoms with van der Waals surface area (Å²) in [6.45, 7) is 5.37. The Bertz CT molecular complexity index is 341. The SMILES string of the molecule is CCOCC(O)CNc1ccc(OC)cc1C. The quantitative estimate of drug-likeness (QED) is 0.762. The largest absolute Gasteiger partial charge is 0.497 e. The van der Waals surface area contributed by atoms with Crippen LogP contribution in [0.15, 0.2) is 18.2 Å². The first-order chi connectivity index (χ1) is 8.17. The van der Waals surface area contributed by atoms with Crippen molar-refractivity contribution < 1.29 is 14.6 Å². The van der Waals surface area contributed by atoms with Crippen LogP contribution < -0.4 is 10.1 Å². The van der Waals surface area contributed by atoms with Crippen LogP contribution in [0.5, 0.6) is 5.75 Å². The lowest BCUT2D eigenvalue weighted by Crippen LogP contribution is -2.25. The summed E-state index contributed by atoms with van der Waals surface area (Å²) in [4.78, 5) is 0. The van der Waals surface area contributed by atoms with Crippen molar-refractivity contribution in [3.63, 3.8) is 0 Å². The van der Waals surface area contributed by atoms with Gasteiger partial charge in [0.1, 0.15) is 5.75 Å². The van der Waals surface area contributed by atoms with E-state index in [1.54, 1.807) is 7.11 Å². The van der Waals surface area contributed by atoms with Gasteiger partial charge in [-0.1, -0.05) is 0 Å². The number of hydrogen-bond donors (Lipinski definition) is 2. The molecule has 0 saturated heterocycles. The van der Waals surface area contributed by atoms with Crippen LogP contribution in [-0.2, 0) is 4.74 Å². The molecule has 0 heterocycles. The average molecular weight is 239 g/mol. The summed E-state index contributed by atoms with van der Waals surface area (Å²) >= 11 is 0. The maximum Gasteiger partial charge on any atom is 0.119 e. The van der Waals surface area contributed by atoms with Crippen molar-refractivity contribution >= 4 is 5.69 Å². The van der Waals surface area contributed by atoms with Gasteiger partial charge in [0.25, 0.3) is 0 Å². The molecule has 1 aromatic rings. The molecule has 0 saturated carbocycles. The van der Waals surface area contributed by atoms with E-state index in [1.165, 1.54) is 0 Å². The van der Waals surface area contributed by atoms with Crippen LogP contribution in [0.25, 0.3) is 0 Å². The monoisotopic (exact) mass is 239 g/mol. The van der Waals surface area contributed by atoms with E-state index in [1.807, 2.05) is 32.0 Å². The highest BCUT2D eigenvalue weighted by molar-refractivity contribution is 5.53. The van der Waals surface area contributed by atoms with Crippen LogP contribution in [0.4, 0.5) is 5.69 Å². The molecule has 4 nitrogen and oxygen atoms in total. The Hall–Kier alpha value is -1.26. The number of aliphatic hydroxyl groups excluding tert-OH is 1. The van der Waals surface area contributed by atoms with Crippen molar-refractivity contribution in [2.45, 2.75) is 20.0 Å². The number of nitrogens with one attached hydrogen (secondary N) is 1. The fourth-order valence-corrected chi connectivity index (χ4v) is 1.50. The molecule has 0 amide bonds. The second-order valence-corrected chi connectivity index (χ2v) is 3.88. The van der Waals surface area contributed by atoms with Crippen molar-refractivity contribution in [2.75, 3.05) is 32.2 Å². The molecule has 0 aliphatic carbocycles. The smallest absolute Gasteiger partial charge is 0.119 e. The zero-order chi connectivity index (χ0) is 12.7. The molecule has 0 bridgehead atoms. The van der Waals surface area contributed by atoms with Gasteiger partial charge in [0.05, 0.1) is 19.8 Å². The fraction of sp³-hybridized carbons (Fsp3) is 0.538. The van der Waals surface area contributed by atoms with E-state index >= 15 is 0 Å². The van der Waals surface area contributed by atoms with Gasteiger partial charge in [0, 0.05) is 18.8 Å². The van der Waals surface area contributed by atoms with Gasteiger partial charge < -0.3 is 19.9 Å². The summed E-state index contributed by atoms with van der Waals surface area (Å²) in [5, 5.41) is 12.8. The molecular formula is C13H21NO3. The summed E-state index contributed by atoms with van der Waals surface area (Å²) in [7, 11) is 1.65. The van der Waals surface area contributed by atoms with Crippen molar-refractivity contribution in [3.8, 4) is 5.75 Å². The number of ether oxygens (including phenoxy) is 2. The van der Waals surface area contributed by atoms with E-state index in [2.05, 4.69) is 5.32 Å². The predicted octanol–water partition coefficient (Wildman–Crippen LogP) is 1.81. The van der Waals surface area contributed by atoms with Crippen LogP contribution in [0.1, 0.15) is 12.5 Å². The number of anilines is 1. The normalized spacial score (nSPS) is 12.2. The Morgan fingerprint density at radius 3 is 2.76 bits per heavy atom. The van der Waals surface area contributed by atoms with E-state index in [0.29, 0.717) is 19.8 Å². The zero-order valence-electron chi connectivity index (χ0n) is 10.7. The third-order valence-electron chi connectivity index (χ3n) is 2.48. The van der Waals surface area contributed by atoms with E-state index < -0.39 is 6.10 Å². The van der Waals surface area contributed by atoms with Crippen molar-refractivity contribution in [1.29, 1.82) is 0 Å². The second-order valence-electron chi connectivity index (χ2n) is 3.88. The summed E-state index contributed by atoms with van der Waals surface area (Å²) in [6, 6.07) is 5.79. The molecule has 4 heteroatoms. The highest BCUT2D eigenvalue weighted by Gasteiger charge is 2.05. The van der Waals surface area contributed by atoms with E-state index in [0.717, 1.165) is 17.0 Å². The first kappa shape index (κ1) is 13.8. The van der Waals surface area contributed by atoms with Gasteiger partial charge in [-0.05, 0) is 37.6 Å². The third-order valence-corrected chi connectivity index (χ3v) is 2.48. The molecule has 0 radical (unpaired) electrons. The lowest BCUT2D eigenvalue weighted by atomic mass is 10.2. The Labute approximate surface area is 103 Å². The molecule has 1 aromatic carbocycles. The third kappa shape index (κ3) is 4.63. The standard InChI is InChI=1S/C13H21NO3/c1-4-17-9-11(15)8-14-13-6-5-12(16-3)7-10(13)2/h5-7,11,14-15H,4,8-9H2,1-3H3. The Kier molecular flexibility index (Phi) is 5.80. The highest BCUT2D eigenvalue weighted by atomic mass is 16.5. The van der Waals surface area contributed by atoms with Gasteiger partial charge in [-0.3, -0.25) is 0 Å². The predicted molar refractivity (Wildman–Crippen MR) is 68.7 cm³/mol. The molecule has 0 aromatic heterocycles. The zero-order valence-corrected chi connectivity index (χ0v) is 10.7.